The van der Waals surface area contributed by atoms with Gasteiger partial charge in [-0.05, 0) is 13.3 Å². The molecule has 0 radical (unpaired) electrons. The van der Waals surface area contributed by atoms with Crippen molar-refractivity contribution >= 4 is 5.91 Å². The number of oxazole rings is 1. The van der Waals surface area contributed by atoms with Crippen molar-refractivity contribution in [3.63, 3.8) is 0 Å². The molecule has 5 heteroatoms. The number of rotatable bonds is 7. The van der Waals surface area contributed by atoms with Crippen LogP contribution in [0.1, 0.15) is 51.0 Å². The van der Waals surface area contributed by atoms with Crippen LogP contribution in [0.2, 0.25) is 0 Å². The Morgan fingerprint density at radius 3 is 2.65 bits per heavy atom. The molecule has 1 heterocycles. The number of nitrogens with zero attached hydrogens (tertiary/aromatic N) is 1. The molecule has 1 amide bonds. The van der Waals surface area contributed by atoms with Crippen LogP contribution in [-0.4, -0.2) is 31.2 Å². The lowest BCUT2D eigenvalue weighted by Crippen LogP contribution is -2.25. The fourth-order valence-corrected chi connectivity index (χ4v) is 1.74. The Morgan fingerprint density at radius 2 is 2.10 bits per heavy atom. The van der Waals surface area contributed by atoms with E-state index in [1.54, 1.807) is 7.11 Å². The summed E-state index contributed by atoms with van der Waals surface area (Å²) in [6.45, 7) is 9.31. The second-order valence-electron chi connectivity index (χ2n) is 5.97. The fourth-order valence-electron chi connectivity index (χ4n) is 1.74. The Hall–Kier alpha value is -1.36. The van der Waals surface area contributed by atoms with Crippen molar-refractivity contribution in [1.29, 1.82) is 0 Å². The van der Waals surface area contributed by atoms with E-state index in [0.717, 1.165) is 30.2 Å². The standard InChI is InChI=1S/C15H26N2O3/c1-11-12(20-14(17-11)15(2,3)4)7-6-9-16-13(18)8-10-19-5/h6-10H2,1-5H3,(H,16,18). The molecule has 0 aliphatic carbocycles. The summed E-state index contributed by atoms with van der Waals surface area (Å²) in [5.41, 5.74) is 0.873. The zero-order chi connectivity index (χ0) is 15.2. The highest BCUT2D eigenvalue weighted by atomic mass is 16.5. The maximum absolute atomic E-state index is 11.4. The number of carbonyl (C=O) groups is 1. The average Bonchev–Trinajstić information content (AvgIpc) is 2.73. The van der Waals surface area contributed by atoms with E-state index in [9.17, 15) is 4.79 Å². The average molecular weight is 282 g/mol. The van der Waals surface area contributed by atoms with Crippen molar-refractivity contribution in [3.05, 3.63) is 17.3 Å². The molecule has 114 valence electrons. The van der Waals surface area contributed by atoms with Crippen LogP contribution in [0.15, 0.2) is 4.42 Å². The van der Waals surface area contributed by atoms with E-state index in [0.29, 0.717) is 19.6 Å². The molecular formula is C15H26N2O3. The van der Waals surface area contributed by atoms with E-state index in [-0.39, 0.29) is 11.3 Å². The summed E-state index contributed by atoms with van der Waals surface area (Å²) in [4.78, 5) is 15.9. The second-order valence-corrected chi connectivity index (χ2v) is 5.97. The molecule has 1 aromatic rings. The highest BCUT2D eigenvalue weighted by molar-refractivity contribution is 5.75. The van der Waals surface area contributed by atoms with Crippen molar-refractivity contribution < 1.29 is 13.9 Å². The number of methoxy groups -OCH3 is 1. The van der Waals surface area contributed by atoms with Gasteiger partial charge >= 0.3 is 0 Å². The third kappa shape index (κ3) is 5.33. The first kappa shape index (κ1) is 16.7. The van der Waals surface area contributed by atoms with Gasteiger partial charge in [0.15, 0.2) is 5.89 Å². The smallest absolute Gasteiger partial charge is 0.222 e. The van der Waals surface area contributed by atoms with Gasteiger partial charge < -0.3 is 14.5 Å². The molecule has 0 spiro atoms. The molecule has 0 atom stereocenters. The maximum atomic E-state index is 11.4. The first-order chi connectivity index (χ1) is 9.34. The second kappa shape index (κ2) is 7.43. The van der Waals surface area contributed by atoms with E-state index >= 15 is 0 Å². The molecule has 20 heavy (non-hydrogen) atoms. The van der Waals surface area contributed by atoms with E-state index in [2.05, 4.69) is 31.1 Å². The van der Waals surface area contributed by atoms with Gasteiger partial charge in [-0.1, -0.05) is 20.8 Å². The largest absolute Gasteiger partial charge is 0.445 e. The molecule has 0 saturated heterocycles. The zero-order valence-electron chi connectivity index (χ0n) is 13.2. The van der Waals surface area contributed by atoms with Crippen LogP contribution in [0.4, 0.5) is 0 Å². The van der Waals surface area contributed by atoms with Crippen molar-refractivity contribution in [2.24, 2.45) is 0 Å². The van der Waals surface area contributed by atoms with Gasteiger partial charge in [0.25, 0.3) is 0 Å². The van der Waals surface area contributed by atoms with Crippen molar-refractivity contribution in [1.82, 2.24) is 10.3 Å². The van der Waals surface area contributed by atoms with E-state index < -0.39 is 0 Å². The maximum Gasteiger partial charge on any atom is 0.222 e. The summed E-state index contributed by atoms with van der Waals surface area (Å²) in [6.07, 6.45) is 2.05. The fraction of sp³-hybridized carbons (Fsp3) is 0.733. The Morgan fingerprint density at radius 1 is 1.40 bits per heavy atom. The monoisotopic (exact) mass is 282 g/mol. The number of aryl methyl sites for hydroxylation is 2. The Bertz CT molecular complexity index is 433. The summed E-state index contributed by atoms with van der Waals surface area (Å²) in [5, 5.41) is 2.86. The van der Waals surface area contributed by atoms with Crippen LogP contribution in [0.25, 0.3) is 0 Å². The van der Waals surface area contributed by atoms with Gasteiger partial charge in [-0.2, -0.15) is 0 Å². The predicted molar refractivity (Wildman–Crippen MR) is 77.8 cm³/mol. The van der Waals surface area contributed by atoms with Crippen molar-refractivity contribution in [2.75, 3.05) is 20.3 Å². The summed E-state index contributed by atoms with van der Waals surface area (Å²) in [6, 6.07) is 0. The van der Waals surface area contributed by atoms with Crippen LogP contribution < -0.4 is 5.32 Å². The van der Waals surface area contributed by atoms with Gasteiger partial charge in [-0.3, -0.25) is 4.79 Å². The number of carbonyl (C=O) groups excluding carboxylic acids is 1. The van der Waals surface area contributed by atoms with E-state index in [4.69, 9.17) is 9.15 Å². The van der Waals surface area contributed by atoms with Crippen molar-refractivity contribution in [2.45, 2.75) is 52.4 Å². The molecule has 0 bridgehead atoms. The first-order valence-electron chi connectivity index (χ1n) is 7.07. The lowest BCUT2D eigenvalue weighted by Gasteiger charge is -2.12. The Balaban J connectivity index is 2.36. The number of amides is 1. The summed E-state index contributed by atoms with van der Waals surface area (Å²) < 4.78 is 10.7. The van der Waals surface area contributed by atoms with Gasteiger partial charge in [0.05, 0.1) is 12.3 Å². The van der Waals surface area contributed by atoms with Gasteiger partial charge in [-0.15, -0.1) is 0 Å². The number of nitrogens with one attached hydrogen (secondary N) is 1. The third-order valence-corrected chi connectivity index (χ3v) is 2.97. The third-order valence-electron chi connectivity index (χ3n) is 2.97. The van der Waals surface area contributed by atoms with Gasteiger partial charge in [0.1, 0.15) is 5.76 Å². The quantitative estimate of drug-likeness (QED) is 0.780. The minimum atomic E-state index is -0.0720. The molecule has 0 aliphatic rings. The first-order valence-corrected chi connectivity index (χ1v) is 7.07. The lowest BCUT2D eigenvalue weighted by atomic mass is 9.97. The molecule has 0 aromatic carbocycles. The molecule has 5 nitrogen and oxygen atoms in total. The summed E-state index contributed by atoms with van der Waals surface area (Å²) >= 11 is 0. The molecule has 1 aromatic heterocycles. The van der Waals surface area contributed by atoms with E-state index in [1.807, 2.05) is 6.92 Å². The minimum absolute atomic E-state index is 0.0246. The predicted octanol–water partition coefficient (Wildman–Crippen LogP) is 2.37. The van der Waals surface area contributed by atoms with Crippen LogP contribution in [0.5, 0.6) is 0 Å². The SMILES string of the molecule is COCCC(=O)NCCCc1oc(C(C)(C)C)nc1C. The highest BCUT2D eigenvalue weighted by Gasteiger charge is 2.21. The Labute approximate surface area is 121 Å². The minimum Gasteiger partial charge on any atom is -0.445 e. The lowest BCUT2D eigenvalue weighted by molar-refractivity contribution is -0.121. The van der Waals surface area contributed by atoms with Crippen LogP contribution in [-0.2, 0) is 21.4 Å². The Kier molecular flexibility index (Phi) is 6.20. The van der Waals surface area contributed by atoms with Crippen LogP contribution in [0, 0.1) is 6.92 Å². The summed E-state index contributed by atoms with van der Waals surface area (Å²) in [7, 11) is 1.59. The number of hydrogen-bond donors (Lipinski definition) is 1. The molecule has 1 N–H and O–H groups in total. The van der Waals surface area contributed by atoms with E-state index in [1.165, 1.54) is 0 Å². The number of hydrogen-bond acceptors (Lipinski definition) is 4. The topological polar surface area (TPSA) is 64.4 Å². The van der Waals surface area contributed by atoms with Crippen LogP contribution in [0.3, 0.4) is 0 Å². The van der Waals surface area contributed by atoms with Gasteiger partial charge in [0, 0.05) is 31.9 Å². The van der Waals surface area contributed by atoms with Crippen LogP contribution >= 0.6 is 0 Å². The molecule has 1 rings (SSSR count). The molecule has 0 unspecified atom stereocenters. The number of ether oxygens (including phenoxy) is 1. The molecule has 0 saturated carbocycles. The zero-order valence-corrected chi connectivity index (χ0v) is 13.2. The van der Waals surface area contributed by atoms with Gasteiger partial charge in [-0.25, -0.2) is 4.98 Å². The van der Waals surface area contributed by atoms with Gasteiger partial charge in [0.2, 0.25) is 5.91 Å². The van der Waals surface area contributed by atoms with Crippen molar-refractivity contribution in [3.8, 4) is 0 Å². The normalized spacial score (nSPS) is 11.7. The molecular weight excluding hydrogens is 256 g/mol. The highest BCUT2D eigenvalue weighted by Crippen LogP contribution is 2.24. The molecule has 0 fully saturated rings. The number of aromatic nitrogens is 1. The molecule has 0 aliphatic heterocycles. The summed E-state index contributed by atoms with van der Waals surface area (Å²) in [5.74, 6) is 1.71.